The summed E-state index contributed by atoms with van der Waals surface area (Å²) in [4.78, 5) is 64.3. The van der Waals surface area contributed by atoms with Crippen LogP contribution in [0.25, 0.3) is 11.1 Å². The van der Waals surface area contributed by atoms with E-state index in [9.17, 15) is 29.1 Å². The van der Waals surface area contributed by atoms with E-state index in [1.165, 1.54) is 5.56 Å². The zero-order chi connectivity index (χ0) is 34.9. The van der Waals surface area contributed by atoms with Crippen LogP contribution in [0.15, 0.2) is 48.5 Å². The number of carboxylic acids is 1. The Morgan fingerprint density at radius 2 is 1.28 bits per heavy atom. The summed E-state index contributed by atoms with van der Waals surface area (Å²) < 4.78 is 0. The molecular formula is C39H56N2O6. The molecule has 3 N–H and O–H groups in total. The Balaban J connectivity index is 2.06. The molecule has 0 saturated carbocycles. The van der Waals surface area contributed by atoms with Gasteiger partial charge in [-0.15, -0.1) is 0 Å². The molecule has 0 aliphatic heterocycles. The van der Waals surface area contributed by atoms with Gasteiger partial charge in [0.2, 0.25) is 11.8 Å². The summed E-state index contributed by atoms with van der Waals surface area (Å²) in [6.45, 7) is 11.4. The molecule has 8 nitrogen and oxygen atoms in total. The molecule has 47 heavy (non-hydrogen) atoms. The molecule has 0 fully saturated rings. The summed E-state index contributed by atoms with van der Waals surface area (Å²) in [5, 5.41) is 14.9. The monoisotopic (exact) mass is 648 g/mol. The van der Waals surface area contributed by atoms with Crippen molar-refractivity contribution in [3.8, 4) is 11.1 Å². The molecule has 0 aliphatic carbocycles. The molecule has 0 saturated heterocycles. The Hall–Kier alpha value is -3.81. The van der Waals surface area contributed by atoms with Crippen molar-refractivity contribution >= 4 is 29.4 Å². The molecule has 2 aromatic carbocycles. The van der Waals surface area contributed by atoms with E-state index in [1.807, 2.05) is 38.1 Å². The number of aryl methyl sites for hydroxylation is 1. The van der Waals surface area contributed by atoms with Crippen LogP contribution < -0.4 is 10.6 Å². The van der Waals surface area contributed by atoms with E-state index in [0.29, 0.717) is 18.4 Å². The average Bonchev–Trinajstić information content (AvgIpc) is 3.05. The van der Waals surface area contributed by atoms with Gasteiger partial charge in [0, 0.05) is 30.2 Å². The highest BCUT2D eigenvalue weighted by molar-refractivity contribution is 6.00. The quantitative estimate of drug-likeness (QED) is 0.0892. The fourth-order valence-electron chi connectivity index (χ4n) is 5.64. The molecule has 0 unspecified atom stereocenters. The molecule has 0 heterocycles. The number of benzene rings is 2. The van der Waals surface area contributed by atoms with E-state index < -0.39 is 35.8 Å². The number of nitrogens with one attached hydrogen (secondary N) is 2. The van der Waals surface area contributed by atoms with Gasteiger partial charge in [-0.1, -0.05) is 116 Å². The summed E-state index contributed by atoms with van der Waals surface area (Å²) in [7, 11) is 0. The molecule has 2 amide bonds. The number of Topliss-reactive ketones (excluding diaryl/α,β-unsaturated/α-hetero) is 2. The van der Waals surface area contributed by atoms with Crippen LogP contribution in [0.1, 0.15) is 122 Å². The van der Waals surface area contributed by atoms with Crippen molar-refractivity contribution in [2.45, 2.75) is 124 Å². The number of unbranched alkanes of at least 4 members (excludes halogenated alkanes) is 3. The second-order valence-corrected chi connectivity index (χ2v) is 13.3. The standard InChI is InChI=1S/C39H56N2O6/c1-7-10-12-14-32(25-35(42)31-21-19-30(20-22-31)29-17-15-28(16-18-29)13-11-8-2)38(45)40-33(9-3)36(43)24-27(6)37(44)41-34(39(46)47)23-26(4)5/h15-22,26-27,32-34H,7-14,23-25H2,1-6H3,(H,40,45)(H,41,44)(H,46,47)/t27-,32-,33+,34+/m1/s1. The maximum Gasteiger partial charge on any atom is 0.326 e. The SMILES string of the molecule is CCCCC[C@H](CC(=O)c1ccc(-c2ccc(CCCC)cc2)cc1)C(=O)N[C@@H](CC)C(=O)C[C@@H](C)C(=O)N[C@@H](CC(C)C)C(=O)O. The lowest BCUT2D eigenvalue weighted by Crippen LogP contribution is -2.46. The van der Waals surface area contributed by atoms with Crippen LogP contribution in [0.2, 0.25) is 0 Å². The molecule has 2 aromatic rings. The number of carbonyl (C=O) groups excluding carboxylic acids is 4. The van der Waals surface area contributed by atoms with Crippen molar-refractivity contribution in [2.24, 2.45) is 17.8 Å². The maximum atomic E-state index is 13.5. The van der Waals surface area contributed by atoms with Crippen molar-refractivity contribution in [3.63, 3.8) is 0 Å². The van der Waals surface area contributed by atoms with Crippen LogP contribution in [-0.4, -0.2) is 46.5 Å². The summed E-state index contributed by atoms with van der Waals surface area (Å²) in [6, 6.07) is 14.2. The molecule has 0 spiro atoms. The Bertz CT molecular complexity index is 1300. The summed E-state index contributed by atoms with van der Waals surface area (Å²) in [5.41, 5.74) is 3.96. The third-order valence-corrected chi connectivity index (χ3v) is 8.66. The minimum absolute atomic E-state index is 0.0386. The maximum absolute atomic E-state index is 13.5. The second-order valence-electron chi connectivity index (χ2n) is 13.3. The van der Waals surface area contributed by atoms with Gasteiger partial charge >= 0.3 is 5.97 Å². The molecule has 0 aliphatic rings. The van der Waals surface area contributed by atoms with Crippen molar-refractivity contribution in [3.05, 3.63) is 59.7 Å². The molecule has 258 valence electrons. The normalized spacial score (nSPS) is 13.8. The van der Waals surface area contributed by atoms with Crippen LogP contribution in [-0.2, 0) is 25.6 Å². The van der Waals surface area contributed by atoms with Gasteiger partial charge in [-0.2, -0.15) is 0 Å². The zero-order valence-electron chi connectivity index (χ0n) is 29.3. The zero-order valence-corrected chi connectivity index (χ0v) is 29.3. The number of amides is 2. The van der Waals surface area contributed by atoms with Crippen LogP contribution in [0.4, 0.5) is 0 Å². The molecule has 0 aromatic heterocycles. The predicted octanol–water partition coefficient (Wildman–Crippen LogP) is 7.57. The van der Waals surface area contributed by atoms with Crippen LogP contribution in [0.5, 0.6) is 0 Å². The Morgan fingerprint density at radius 1 is 0.702 bits per heavy atom. The van der Waals surface area contributed by atoms with Gasteiger partial charge < -0.3 is 15.7 Å². The van der Waals surface area contributed by atoms with E-state index >= 15 is 0 Å². The Kier molecular flexibility index (Phi) is 17.1. The number of aliphatic carboxylic acids is 1. The first-order valence-electron chi connectivity index (χ1n) is 17.5. The number of rotatable bonds is 22. The second kappa shape index (κ2) is 20.4. The highest BCUT2D eigenvalue weighted by Gasteiger charge is 2.30. The van der Waals surface area contributed by atoms with Gasteiger partial charge in [-0.3, -0.25) is 19.2 Å². The lowest BCUT2D eigenvalue weighted by Gasteiger charge is -2.23. The van der Waals surface area contributed by atoms with E-state index in [0.717, 1.165) is 49.7 Å². The predicted molar refractivity (Wildman–Crippen MR) is 187 cm³/mol. The lowest BCUT2D eigenvalue weighted by molar-refractivity contribution is -0.143. The lowest BCUT2D eigenvalue weighted by atomic mass is 9.90. The number of hydrogen-bond acceptors (Lipinski definition) is 5. The van der Waals surface area contributed by atoms with Crippen LogP contribution in [0.3, 0.4) is 0 Å². The molecule has 4 atom stereocenters. The third kappa shape index (κ3) is 13.4. The topological polar surface area (TPSA) is 130 Å². The van der Waals surface area contributed by atoms with Gasteiger partial charge in [0.25, 0.3) is 0 Å². The van der Waals surface area contributed by atoms with Gasteiger partial charge in [0.05, 0.1) is 6.04 Å². The fraction of sp³-hybridized carbons (Fsp3) is 0.564. The van der Waals surface area contributed by atoms with Crippen molar-refractivity contribution in [2.75, 3.05) is 0 Å². The highest BCUT2D eigenvalue weighted by atomic mass is 16.4. The number of hydrogen-bond donors (Lipinski definition) is 3. The Morgan fingerprint density at radius 3 is 1.81 bits per heavy atom. The first kappa shape index (κ1) is 39.4. The molecular weight excluding hydrogens is 592 g/mol. The van der Waals surface area contributed by atoms with Gasteiger partial charge in [0.1, 0.15) is 6.04 Å². The average molecular weight is 649 g/mol. The highest BCUT2D eigenvalue weighted by Crippen LogP contribution is 2.24. The van der Waals surface area contributed by atoms with E-state index in [-0.39, 0.29) is 42.7 Å². The minimum atomic E-state index is -1.11. The fourth-order valence-corrected chi connectivity index (χ4v) is 5.64. The summed E-state index contributed by atoms with van der Waals surface area (Å²) in [5.74, 6) is -3.65. The molecule has 8 heteroatoms. The molecule has 0 radical (unpaired) electrons. The number of carbonyl (C=O) groups is 5. The molecule has 0 bridgehead atoms. The minimum Gasteiger partial charge on any atom is -0.480 e. The summed E-state index contributed by atoms with van der Waals surface area (Å²) in [6.07, 6.45) is 7.13. The Labute approximate surface area is 281 Å². The first-order chi connectivity index (χ1) is 22.4. The number of ketones is 2. The van der Waals surface area contributed by atoms with Crippen LogP contribution >= 0.6 is 0 Å². The van der Waals surface area contributed by atoms with Gasteiger partial charge in [0.15, 0.2) is 11.6 Å². The van der Waals surface area contributed by atoms with E-state index in [4.69, 9.17) is 0 Å². The van der Waals surface area contributed by atoms with Crippen molar-refractivity contribution in [1.82, 2.24) is 10.6 Å². The van der Waals surface area contributed by atoms with Crippen molar-refractivity contribution < 1.29 is 29.1 Å². The van der Waals surface area contributed by atoms with E-state index in [2.05, 4.69) is 48.7 Å². The van der Waals surface area contributed by atoms with Gasteiger partial charge in [-0.25, -0.2) is 4.79 Å². The smallest absolute Gasteiger partial charge is 0.326 e. The van der Waals surface area contributed by atoms with Crippen LogP contribution in [0, 0.1) is 17.8 Å². The first-order valence-corrected chi connectivity index (χ1v) is 17.5. The largest absolute Gasteiger partial charge is 0.480 e. The van der Waals surface area contributed by atoms with Gasteiger partial charge in [-0.05, 0) is 54.7 Å². The van der Waals surface area contributed by atoms with Crippen molar-refractivity contribution in [1.29, 1.82) is 0 Å². The number of carboxylic acid groups (broad SMARTS) is 1. The summed E-state index contributed by atoms with van der Waals surface area (Å²) >= 11 is 0. The van der Waals surface area contributed by atoms with E-state index in [1.54, 1.807) is 13.8 Å². The third-order valence-electron chi connectivity index (χ3n) is 8.66. The molecule has 2 rings (SSSR count).